The molecule has 1 rings (SSSR count). The van der Waals surface area contributed by atoms with E-state index in [9.17, 15) is 4.79 Å². The summed E-state index contributed by atoms with van der Waals surface area (Å²) in [6, 6.07) is 0. The van der Waals surface area contributed by atoms with Crippen molar-refractivity contribution in [2.24, 2.45) is 11.3 Å². The lowest BCUT2D eigenvalue weighted by atomic mass is 9.69. The average Bonchev–Trinajstić information content (AvgIpc) is 1.81. The van der Waals surface area contributed by atoms with Gasteiger partial charge in [0.25, 0.3) is 0 Å². The van der Waals surface area contributed by atoms with Crippen molar-refractivity contribution in [2.75, 3.05) is 0 Å². The SMILES string of the molecule is C=C1C(C)CC(=O)CC1(C)C. The molecule has 0 aromatic heterocycles. The van der Waals surface area contributed by atoms with Crippen LogP contribution in [0.4, 0.5) is 0 Å². The fourth-order valence-corrected chi connectivity index (χ4v) is 1.81. The Morgan fingerprint density at radius 1 is 1.55 bits per heavy atom. The normalized spacial score (nSPS) is 30.6. The molecule has 1 heteroatoms. The first-order chi connectivity index (χ1) is 4.93. The molecule has 1 nitrogen and oxygen atoms in total. The number of allylic oxidation sites excluding steroid dienone is 1. The first-order valence-electron chi connectivity index (χ1n) is 4.14. The van der Waals surface area contributed by atoms with Gasteiger partial charge in [-0.05, 0) is 11.3 Å². The van der Waals surface area contributed by atoms with E-state index in [-0.39, 0.29) is 5.41 Å². The Morgan fingerprint density at radius 2 is 2.09 bits per heavy atom. The van der Waals surface area contributed by atoms with Gasteiger partial charge in [0.1, 0.15) is 5.78 Å². The maximum Gasteiger partial charge on any atom is 0.134 e. The standard InChI is InChI=1S/C10H16O/c1-7-5-9(11)6-10(3,4)8(7)2/h7H,2,5-6H2,1,3-4H3. The van der Waals surface area contributed by atoms with E-state index in [0.29, 0.717) is 24.5 Å². The molecule has 0 N–H and O–H groups in total. The molecule has 11 heavy (non-hydrogen) atoms. The van der Waals surface area contributed by atoms with Gasteiger partial charge in [0.2, 0.25) is 0 Å². The van der Waals surface area contributed by atoms with E-state index < -0.39 is 0 Å². The van der Waals surface area contributed by atoms with Crippen LogP contribution in [0.2, 0.25) is 0 Å². The summed E-state index contributed by atoms with van der Waals surface area (Å²) in [5.74, 6) is 0.765. The zero-order valence-electron chi connectivity index (χ0n) is 7.61. The van der Waals surface area contributed by atoms with E-state index in [4.69, 9.17) is 0 Å². The van der Waals surface area contributed by atoms with Gasteiger partial charge in [-0.3, -0.25) is 4.79 Å². The molecule has 0 amide bonds. The van der Waals surface area contributed by atoms with Gasteiger partial charge in [-0.25, -0.2) is 0 Å². The van der Waals surface area contributed by atoms with Crippen molar-refractivity contribution in [3.05, 3.63) is 12.2 Å². The largest absolute Gasteiger partial charge is 0.300 e. The number of Topliss-reactive ketones (excluding diaryl/α,β-unsaturated/α-hetero) is 1. The molecule has 0 aliphatic heterocycles. The molecule has 1 atom stereocenters. The zero-order valence-corrected chi connectivity index (χ0v) is 7.61. The van der Waals surface area contributed by atoms with Crippen LogP contribution < -0.4 is 0 Å². The van der Waals surface area contributed by atoms with Crippen LogP contribution in [0.25, 0.3) is 0 Å². The van der Waals surface area contributed by atoms with E-state index in [1.807, 2.05) is 0 Å². The molecular weight excluding hydrogens is 136 g/mol. The predicted molar refractivity (Wildman–Crippen MR) is 46.3 cm³/mol. The molecule has 0 spiro atoms. The Bertz CT molecular complexity index is 201. The highest BCUT2D eigenvalue weighted by Crippen LogP contribution is 2.40. The second kappa shape index (κ2) is 2.47. The van der Waals surface area contributed by atoms with Crippen molar-refractivity contribution in [3.8, 4) is 0 Å². The number of hydrogen-bond acceptors (Lipinski definition) is 1. The van der Waals surface area contributed by atoms with Gasteiger partial charge in [-0.2, -0.15) is 0 Å². The topological polar surface area (TPSA) is 17.1 Å². The average molecular weight is 152 g/mol. The third-order valence-corrected chi connectivity index (χ3v) is 2.64. The number of carbonyl (C=O) groups excluding carboxylic acids is 1. The summed E-state index contributed by atoms with van der Waals surface area (Å²) < 4.78 is 0. The summed E-state index contributed by atoms with van der Waals surface area (Å²) >= 11 is 0. The van der Waals surface area contributed by atoms with Crippen molar-refractivity contribution in [2.45, 2.75) is 33.6 Å². The van der Waals surface area contributed by atoms with Gasteiger partial charge in [-0.1, -0.05) is 32.9 Å². The summed E-state index contributed by atoms with van der Waals surface area (Å²) in [5.41, 5.74) is 1.27. The summed E-state index contributed by atoms with van der Waals surface area (Å²) in [6.45, 7) is 10.3. The molecule has 0 aromatic rings. The van der Waals surface area contributed by atoms with Crippen molar-refractivity contribution >= 4 is 5.78 Å². The minimum atomic E-state index is 0.0365. The molecule has 0 saturated heterocycles. The van der Waals surface area contributed by atoms with Crippen LogP contribution in [0.1, 0.15) is 33.6 Å². The third-order valence-electron chi connectivity index (χ3n) is 2.64. The predicted octanol–water partition coefficient (Wildman–Crippen LogP) is 2.57. The fraction of sp³-hybridized carbons (Fsp3) is 0.700. The zero-order chi connectivity index (χ0) is 8.65. The summed E-state index contributed by atoms with van der Waals surface area (Å²) in [4.78, 5) is 11.2. The number of carbonyl (C=O) groups is 1. The van der Waals surface area contributed by atoms with Crippen molar-refractivity contribution in [1.29, 1.82) is 0 Å². The second-order valence-corrected chi connectivity index (χ2v) is 4.23. The van der Waals surface area contributed by atoms with Crippen LogP contribution in [-0.4, -0.2) is 5.78 Å². The maximum absolute atomic E-state index is 11.2. The van der Waals surface area contributed by atoms with Crippen LogP contribution in [0, 0.1) is 11.3 Å². The Labute approximate surface area is 68.5 Å². The van der Waals surface area contributed by atoms with E-state index in [2.05, 4.69) is 27.4 Å². The van der Waals surface area contributed by atoms with Crippen LogP contribution >= 0.6 is 0 Å². The van der Waals surface area contributed by atoms with Gasteiger partial charge < -0.3 is 0 Å². The molecule has 0 bridgehead atoms. The fourth-order valence-electron chi connectivity index (χ4n) is 1.81. The smallest absolute Gasteiger partial charge is 0.134 e. The van der Waals surface area contributed by atoms with Gasteiger partial charge >= 0.3 is 0 Å². The van der Waals surface area contributed by atoms with E-state index in [1.54, 1.807) is 0 Å². The monoisotopic (exact) mass is 152 g/mol. The molecule has 1 fully saturated rings. The van der Waals surface area contributed by atoms with Gasteiger partial charge in [0.15, 0.2) is 0 Å². The molecule has 1 aliphatic carbocycles. The summed E-state index contributed by atoms with van der Waals surface area (Å²) in [7, 11) is 0. The molecule has 0 aromatic carbocycles. The minimum absolute atomic E-state index is 0.0365. The van der Waals surface area contributed by atoms with Crippen LogP contribution in [0.5, 0.6) is 0 Å². The molecule has 0 radical (unpaired) electrons. The molecule has 1 unspecified atom stereocenters. The lowest BCUT2D eigenvalue weighted by Gasteiger charge is -2.35. The minimum Gasteiger partial charge on any atom is -0.300 e. The first-order valence-corrected chi connectivity index (χ1v) is 4.14. The molecule has 1 aliphatic rings. The number of ketones is 1. The highest BCUT2D eigenvalue weighted by Gasteiger charge is 2.33. The second-order valence-electron chi connectivity index (χ2n) is 4.23. The lowest BCUT2D eigenvalue weighted by molar-refractivity contribution is -0.122. The quantitative estimate of drug-likeness (QED) is 0.487. The Hall–Kier alpha value is -0.590. The van der Waals surface area contributed by atoms with Gasteiger partial charge in [-0.15, -0.1) is 0 Å². The molecule has 0 heterocycles. The maximum atomic E-state index is 11.2. The Balaban J connectivity index is 2.83. The molecule has 62 valence electrons. The van der Waals surface area contributed by atoms with E-state index in [0.717, 1.165) is 0 Å². The highest BCUT2D eigenvalue weighted by atomic mass is 16.1. The highest BCUT2D eigenvalue weighted by molar-refractivity contribution is 5.81. The first kappa shape index (κ1) is 8.51. The molecule has 1 saturated carbocycles. The number of rotatable bonds is 0. The van der Waals surface area contributed by atoms with Crippen molar-refractivity contribution in [3.63, 3.8) is 0 Å². The molecular formula is C10H16O. The third kappa shape index (κ3) is 1.52. The van der Waals surface area contributed by atoms with Crippen LogP contribution in [-0.2, 0) is 4.79 Å². The van der Waals surface area contributed by atoms with Crippen molar-refractivity contribution in [1.82, 2.24) is 0 Å². The van der Waals surface area contributed by atoms with Crippen molar-refractivity contribution < 1.29 is 4.79 Å². The van der Waals surface area contributed by atoms with E-state index in [1.165, 1.54) is 5.57 Å². The van der Waals surface area contributed by atoms with Gasteiger partial charge in [0, 0.05) is 12.8 Å². The Morgan fingerprint density at radius 3 is 2.55 bits per heavy atom. The Kier molecular flexibility index (Phi) is 1.91. The van der Waals surface area contributed by atoms with E-state index >= 15 is 0 Å². The lowest BCUT2D eigenvalue weighted by Crippen LogP contribution is -2.29. The number of hydrogen-bond donors (Lipinski definition) is 0. The van der Waals surface area contributed by atoms with Gasteiger partial charge in [0.05, 0.1) is 0 Å². The van der Waals surface area contributed by atoms with Crippen LogP contribution in [0.15, 0.2) is 12.2 Å². The summed E-state index contributed by atoms with van der Waals surface area (Å²) in [6.07, 6.45) is 1.37. The van der Waals surface area contributed by atoms with Crippen LogP contribution in [0.3, 0.4) is 0 Å². The summed E-state index contributed by atoms with van der Waals surface area (Å²) in [5, 5.41) is 0.